The molecule has 1 nitrogen and oxygen atoms in total. The van der Waals surface area contributed by atoms with E-state index in [4.69, 9.17) is 0 Å². The topological polar surface area (TPSA) is 3.24 Å². The van der Waals surface area contributed by atoms with Crippen LogP contribution in [-0.2, 0) is 0 Å². The normalized spacial score (nSPS) is 37.8. The van der Waals surface area contributed by atoms with E-state index in [1.54, 1.807) is 0 Å². The standard InChI is InChI=1S/C10H19N.C2H6/c1-7(2)8-4-9-6-10(5-8)11(9)3;1-2/h7-10H,4-6H2,1-3H3;1-2H3. The molecular weight excluding hydrogens is 158 g/mol. The predicted molar refractivity (Wildman–Crippen MR) is 58.9 cm³/mol. The molecule has 13 heavy (non-hydrogen) atoms. The summed E-state index contributed by atoms with van der Waals surface area (Å²) >= 11 is 0. The summed E-state index contributed by atoms with van der Waals surface area (Å²) in [5, 5.41) is 0. The van der Waals surface area contributed by atoms with Gasteiger partial charge in [0, 0.05) is 12.1 Å². The van der Waals surface area contributed by atoms with E-state index < -0.39 is 0 Å². The Morgan fingerprint density at radius 3 is 1.77 bits per heavy atom. The Kier molecular flexibility index (Phi) is 3.78. The molecule has 2 atom stereocenters. The van der Waals surface area contributed by atoms with Crippen LogP contribution < -0.4 is 0 Å². The Labute approximate surface area is 83.5 Å². The van der Waals surface area contributed by atoms with Gasteiger partial charge in [0.2, 0.25) is 0 Å². The molecule has 2 heterocycles. The minimum atomic E-state index is 0.911. The van der Waals surface area contributed by atoms with Gasteiger partial charge in [0.1, 0.15) is 0 Å². The Hall–Kier alpha value is -0.0400. The van der Waals surface area contributed by atoms with E-state index in [0.29, 0.717) is 0 Å². The van der Waals surface area contributed by atoms with Crippen molar-refractivity contribution in [3.8, 4) is 0 Å². The first kappa shape index (κ1) is 11.0. The highest BCUT2D eigenvalue weighted by Gasteiger charge is 2.43. The highest BCUT2D eigenvalue weighted by Crippen LogP contribution is 2.42. The van der Waals surface area contributed by atoms with E-state index in [2.05, 4.69) is 25.8 Å². The first-order valence-electron chi connectivity index (χ1n) is 5.90. The molecule has 2 aliphatic heterocycles. The predicted octanol–water partition coefficient (Wildman–Crippen LogP) is 3.15. The van der Waals surface area contributed by atoms with Gasteiger partial charge >= 0.3 is 0 Å². The highest BCUT2D eigenvalue weighted by molar-refractivity contribution is 4.98. The molecule has 78 valence electrons. The molecule has 0 spiro atoms. The van der Waals surface area contributed by atoms with Gasteiger partial charge in [-0.2, -0.15) is 0 Å². The fourth-order valence-corrected chi connectivity index (χ4v) is 2.67. The van der Waals surface area contributed by atoms with Crippen molar-refractivity contribution in [3.05, 3.63) is 0 Å². The lowest BCUT2D eigenvalue weighted by atomic mass is 9.70. The minimum absolute atomic E-state index is 0.911. The van der Waals surface area contributed by atoms with Crippen LogP contribution in [0.4, 0.5) is 0 Å². The first-order chi connectivity index (χ1) is 6.18. The fourth-order valence-electron chi connectivity index (χ4n) is 2.67. The van der Waals surface area contributed by atoms with Crippen molar-refractivity contribution in [1.29, 1.82) is 0 Å². The molecule has 3 fully saturated rings. The van der Waals surface area contributed by atoms with Crippen molar-refractivity contribution >= 4 is 0 Å². The second-order valence-corrected chi connectivity index (χ2v) is 4.68. The molecule has 0 N–H and O–H groups in total. The summed E-state index contributed by atoms with van der Waals surface area (Å²) in [4.78, 5) is 2.57. The Balaban J connectivity index is 0.000000396. The average Bonchev–Trinajstić information content (AvgIpc) is 2.20. The molecule has 2 saturated heterocycles. The van der Waals surface area contributed by atoms with E-state index in [1.165, 1.54) is 19.3 Å². The summed E-state index contributed by atoms with van der Waals surface area (Å²) < 4.78 is 0. The van der Waals surface area contributed by atoms with Gasteiger partial charge in [0.25, 0.3) is 0 Å². The molecule has 3 rings (SSSR count). The van der Waals surface area contributed by atoms with Crippen molar-refractivity contribution in [1.82, 2.24) is 4.90 Å². The molecule has 2 bridgehead atoms. The summed E-state index contributed by atoms with van der Waals surface area (Å²) in [5.74, 6) is 1.93. The Bertz CT molecular complexity index is 141. The van der Waals surface area contributed by atoms with Crippen molar-refractivity contribution in [2.24, 2.45) is 11.8 Å². The zero-order valence-electron chi connectivity index (χ0n) is 9.88. The van der Waals surface area contributed by atoms with Crippen molar-refractivity contribution in [3.63, 3.8) is 0 Å². The quantitative estimate of drug-likeness (QED) is 0.603. The molecule has 0 aromatic carbocycles. The van der Waals surface area contributed by atoms with Gasteiger partial charge in [-0.15, -0.1) is 0 Å². The molecule has 1 heteroatoms. The summed E-state index contributed by atoms with van der Waals surface area (Å²) in [6, 6.07) is 1.89. The molecule has 0 aromatic heterocycles. The summed E-state index contributed by atoms with van der Waals surface area (Å²) in [6.45, 7) is 8.74. The molecule has 0 amide bonds. The van der Waals surface area contributed by atoms with Crippen molar-refractivity contribution in [2.75, 3.05) is 7.05 Å². The van der Waals surface area contributed by atoms with Crippen LogP contribution in [0.2, 0.25) is 0 Å². The van der Waals surface area contributed by atoms with Gasteiger partial charge < -0.3 is 4.90 Å². The van der Waals surface area contributed by atoms with Crippen LogP contribution in [-0.4, -0.2) is 24.0 Å². The van der Waals surface area contributed by atoms with E-state index in [9.17, 15) is 0 Å². The number of hydrogen-bond donors (Lipinski definition) is 0. The van der Waals surface area contributed by atoms with E-state index in [0.717, 1.165) is 23.9 Å². The average molecular weight is 183 g/mol. The molecule has 1 saturated carbocycles. The third-order valence-corrected chi connectivity index (χ3v) is 3.79. The largest absolute Gasteiger partial charge is 0.300 e. The molecule has 0 aromatic rings. The van der Waals surface area contributed by atoms with Gasteiger partial charge in [-0.05, 0) is 38.1 Å². The summed E-state index contributed by atoms with van der Waals surface area (Å²) in [6.07, 6.45) is 4.41. The summed E-state index contributed by atoms with van der Waals surface area (Å²) in [7, 11) is 2.29. The van der Waals surface area contributed by atoms with Crippen LogP contribution in [0.25, 0.3) is 0 Å². The van der Waals surface area contributed by atoms with Crippen LogP contribution in [0, 0.1) is 11.8 Å². The van der Waals surface area contributed by atoms with Crippen molar-refractivity contribution in [2.45, 2.75) is 59.0 Å². The number of fused-ring (bicyclic) bond motifs is 2. The SMILES string of the molecule is CC.CC(C)C1CC2CC(C1)N2C. The number of nitrogens with zero attached hydrogens (tertiary/aromatic N) is 1. The molecule has 3 aliphatic rings. The zero-order valence-corrected chi connectivity index (χ0v) is 9.88. The van der Waals surface area contributed by atoms with E-state index in [-0.39, 0.29) is 0 Å². The zero-order chi connectivity index (χ0) is 10.0. The third-order valence-electron chi connectivity index (χ3n) is 3.79. The van der Waals surface area contributed by atoms with E-state index >= 15 is 0 Å². The van der Waals surface area contributed by atoms with Crippen LogP contribution in [0.15, 0.2) is 0 Å². The Morgan fingerprint density at radius 1 is 1.00 bits per heavy atom. The monoisotopic (exact) mass is 183 g/mol. The van der Waals surface area contributed by atoms with E-state index in [1.807, 2.05) is 13.8 Å². The Morgan fingerprint density at radius 2 is 1.46 bits per heavy atom. The highest BCUT2D eigenvalue weighted by atomic mass is 15.2. The maximum absolute atomic E-state index is 2.57. The van der Waals surface area contributed by atoms with Crippen LogP contribution >= 0.6 is 0 Å². The number of rotatable bonds is 1. The lowest BCUT2D eigenvalue weighted by Crippen LogP contribution is -2.59. The molecule has 1 aliphatic carbocycles. The smallest absolute Gasteiger partial charge is 0.0113 e. The van der Waals surface area contributed by atoms with Gasteiger partial charge in [-0.25, -0.2) is 0 Å². The molecular formula is C12H25N. The van der Waals surface area contributed by atoms with Crippen LogP contribution in [0.1, 0.15) is 47.0 Å². The van der Waals surface area contributed by atoms with Crippen LogP contribution in [0.3, 0.4) is 0 Å². The van der Waals surface area contributed by atoms with Gasteiger partial charge in [-0.1, -0.05) is 27.7 Å². The van der Waals surface area contributed by atoms with Crippen LogP contribution in [0.5, 0.6) is 0 Å². The molecule has 0 radical (unpaired) electrons. The maximum atomic E-state index is 2.57. The lowest BCUT2D eigenvalue weighted by molar-refractivity contribution is -0.0406. The first-order valence-corrected chi connectivity index (χ1v) is 5.90. The second-order valence-electron chi connectivity index (χ2n) is 4.68. The minimum Gasteiger partial charge on any atom is -0.300 e. The van der Waals surface area contributed by atoms with Gasteiger partial charge in [0.15, 0.2) is 0 Å². The summed E-state index contributed by atoms with van der Waals surface area (Å²) in [5.41, 5.74) is 0. The maximum Gasteiger partial charge on any atom is 0.0113 e. The number of hydrogen-bond acceptors (Lipinski definition) is 1. The lowest BCUT2D eigenvalue weighted by Gasteiger charge is -2.54. The van der Waals surface area contributed by atoms with Crippen molar-refractivity contribution < 1.29 is 0 Å². The second kappa shape index (κ2) is 4.45. The van der Waals surface area contributed by atoms with Gasteiger partial charge in [-0.3, -0.25) is 0 Å². The number of piperidine rings is 1. The fraction of sp³-hybridized carbons (Fsp3) is 1.00. The van der Waals surface area contributed by atoms with Gasteiger partial charge in [0.05, 0.1) is 0 Å². The molecule has 2 unspecified atom stereocenters. The third kappa shape index (κ3) is 2.07.